The molecule has 0 bridgehead atoms. The summed E-state index contributed by atoms with van der Waals surface area (Å²) in [6.45, 7) is 7.41. The van der Waals surface area contributed by atoms with Gasteiger partial charge in [0.05, 0.1) is 12.7 Å². The van der Waals surface area contributed by atoms with E-state index in [-0.39, 0.29) is 29.6 Å². The molecule has 5 unspecified atom stereocenters. The molecule has 0 aromatic carbocycles. The van der Waals surface area contributed by atoms with Crippen molar-refractivity contribution in [2.75, 3.05) is 13.2 Å². The first-order valence-corrected chi connectivity index (χ1v) is 8.57. The molecule has 1 heterocycles. The number of fused-ring (bicyclic) bond motifs is 1. The van der Waals surface area contributed by atoms with Crippen LogP contribution in [0.3, 0.4) is 0 Å². The second-order valence-corrected chi connectivity index (χ2v) is 7.83. The normalized spacial score (nSPS) is 41.3. The molecule has 2 saturated carbocycles. The second-order valence-electron chi connectivity index (χ2n) is 7.83. The molecule has 3 rings (SSSR count). The molecule has 1 amide bonds. The lowest BCUT2D eigenvalue weighted by Gasteiger charge is -2.36. The van der Waals surface area contributed by atoms with Crippen LogP contribution in [0.2, 0.25) is 0 Å². The lowest BCUT2D eigenvalue weighted by molar-refractivity contribution is 0.00580. The number of likely N-dealkylation sites (tertiary alicyclic amines) is 1. The molecule has 2 aliphatic carbocycles. The number of hydrogen-bond donors (Lipinski definition) is 1. The van der Waals surface area contributed by atoms with Gasteiger partial charge in [0.2, 0.25) is 0 Å². The van der Waals surface area contributed by atoms with Crippen molar-refractivity contribution < 1.29 is 14.6 Å². The summed E-state index contributed by atoms with van der Waals surface area (Å²) in [5.41, 5.74) is -0.0261. The van der Waals surface area contributed by atoms with E-state index in [1.165, 1.54) is 19.3 Å². The summed E-state index contributed by atoms with van der Waals surface area (Å²) < 4.78 is 5.27. The largest absolute Gasteiger partial charge is 0.450 e. The fourth-order valence-electron chi connectivity index (χ4n) is 5.08. The predicted octanol–water partition coefficient (Wildman–Crippen LogP) is 3.04. The van der Waals surface area contributed by atoms with Crippen LogP contribution < -0.4 is 0 Å². The number of carbonyl (C=O) groups is 1. The highest BCUT2D eigenvalue weighted by Gasteiger charge is 2.54. The van der Waals surface area contributed by atoms with Gasteiger partial charge in [0, 0.05) is 18.5 Å². The maximum atomic E-state index is 12.3. The summed E-state index contributed by atoms with van der Waals surface area (Å²) in [5.74, 6) is 1.41. The van der Waals surface area contributed by atoms with Gasteiger partial charge in [0.25, 0.3) is 0 Å². The van der Waals surface area contributed by atoms with Crippen LogP contribution in [0.1, 0.15) is 52.9 Å². The number of carbonyl (C=O) groups excluding carboxylic acids is 1. The summed E-state index contributed by atoms with van der Waals surface area (Å²) >= 11 is 0. The molecule has 120 valence electrons. The highest BCUT2D eigenvalue weighted by molar-refractivity contribution is 5.68. The van der Waals surface area contributed by atoms with E-state index < -0.39 is 0 Å². The molecular weight excluding hydrogens is 266 g/mol. The molecule has 0 spiro atoms. The van der Waals surface area contributed by atoms with Crippen molar-refractivity contribution in [1.82, 2.24) is 4.90 Å². The molecule has 5 atom stereocenters. The van der Waals surface area contributed by atoms with Gasteiger partial charge in [0.1, 0.15) is 0 Å². The summed E-state index contributed by atoms with van der Waals surface area (Å²) in [6.07, 6.45) is 5.29. The highest BCUT2D eigenvalue weighted by atomic mass is 16.6. The van der Waals surface area contributed by atoms with Crippen LogP contribution in [-0.4, -0.2) is 41.4 Å². The quantitative estimate of drug-likeness (QED) is 0.852. The van der Waals surface area contributed by atoms with E-state index in [0.29, 0.717) is 18.4 Å². The number of nitrogens with zero attached hydrogens (tertiary/aromatic N) is 1. The van der Waals surface area contributed by atoms with Gasteiger partial charge in [-0.3, -0.25) is 0 Å². The van der Waals surface area contributed by atoms with Crippen molar-refractivity contribution >= 4 is 6.09 Å². The van der Waals surface area contributed by atoms with E-state index in [9.17, 15) is 9.90 Å². The Kier molecular flexibility index (Phi) is 3.93. The van der Waals surface area contributed by atoms with Crippen LogP contribution in [0.5, 0.6) is 0 Å². The average Bonchev–Trinajstić information content (AvgIpc) is 3.06. The molecule has 0 aromatic rings. The van der Waals surface area contributed by atoms with Crippen LogP contribution in [0.15, 0.2) is 0 Å². The second kappa shape index (κ2) is 5.45. The Labute approximate surface area is 127 Å². The number of rotatable bonds is 2. The first-order valence-electron chi connectivity index (χ1n) is 8.57. The molecular formula is C17H29NO3. The summed E-state index contributed by atoms with van der Waals surface area (Å²) in [6, 6.07) is 0.188. The van der Waals surface area contributed by atoms with Crippen LogP contribution in [0.4, 0.5) is 4.79 Å². The van der Waals surface area contributed by atoms with Gasteiger partial charge >= 0.3 is 6.09 Å². The van der Waals surface area contributed by atoms with E-state index in [1.54, 1.807) is 0 Å². The van der Waals surface area contributed by atoms with E-state index in [1.807, 2.05) is 11.8 Å². The monoisotopic (exact) mass is 295 g/mol. The minimum absolute atomic E-state index is 0.0261. The number of hydrogen-bond acceptors (Lipinski definition) is 3. The first kappa shape index (κ1) is 15.1. The maximum absolute atomic E-state index is 12.3. The number of amides is 1. The zero-order chi connectivity index (χ0) is 15.2. The van der Waals surface area contributed by atoms with Crippen molar-refractivity contribution in [1.29, 1.82) is 0 Å². The molecule has 1 N–H and O–H groups in total. The summed E-state index contributed by atoms with van der Waals surface area (Å²) in [7, 11) is 0. The highest BCUT2D eigenvalue weighted by Crippen LogP contribution is 2.51. The Morgan fingerprint density at radius 2 is 2.05 bits per heavy atom. The van der Waals surface area contributed by atoms with Crippen LogP contribution in [0.25, 0.3) is 0 Å². The fraction of sp³-hybridized carbons (Fsp3) is 0.941. The van der Waals surface area contributed by atoms with E-state index in [4.69, 9.17) is 4.74 Å². The molecule has 4 heteroatoms. The lowest BCUT2D eigenvalue weighted by atomic mass is 9.80. The Balaban J connectivity index is 1.83. The molecule has 1 aliphatic heterocycles. The van der Waals surface area contributed by atoms with E-state index in [0.717, 1.165) is 19.4 Å². The number of ether oxygens (including phenoxy) is 1. The van der Waals surface area contributed by atoms with E-state index >= 15 is 0 Å². The molecule has 3 aliphatic rings. The third kappa shape index (κ3) is 2.45. The fourth-order valence-corrected chi connectivity index (χ4v) is 5.08. The smallest absolute Gasteiger partial charge is 0.410 e. The van der Waals surface area contributed by atoms with Gasteiger partial charge in [-0.25, -0.2) is 4.79 Å². The van der Waals surface area contributed by atoms with E-state index in [2.05, 4.69) is 13.8 Å². The number of aliphatic hydroxyl groups excluding tert-OH is 1. The SMILES string of the molecule is CCOC(=O)N1CC2CCCC2C1C1CCC(C)(C)C1O. The topological polar surface area (TPSA) is 49.8 Å². The minimum atomic E-state index is -0.307. The van der Waals surface area contributed by atoms with Crippen molar-refractivity contribution in [3.05, 3.63) is 0 Å². The molecule has 3 fully saturated rings. The van der Waals surface area contributed by atoms with Gasteiger partial charge < -0.3 is 14.7 Å². The third-order valence-electron chi connectivity index (χ3n) is 6.22. The van der Waals surface area contributed by atoms with Crippen molar-refractivity contribution in [3.8, 4) is 0 Å². The Bertz CT molecular complexity index is 409. The molecule has 0 aromatic heterocycles. The molecule has 4 nitrogen and oxygen atoms in total. The maximum Gasteiger partial charge on any atom is 0.410 e. The first-order chi connectivity index (χ1) is 9.95. The summed E-state index contributed by atoms with van der Waals surface area (Å²) in [4.78, 5) is 14.3. The summed E-state index contributed by atoms with van der Waals surface area (Å²) in [5, 5.41) is 10.7. The zero-order valence-electron chi connectivity index (χ0n) is 13.5. The van der Waals surface area contributed by atoms with Gasteiger partial charge in [-0.2, -0.15) is 0 Å². The third-order valence-corrected chi connectivity index (χ3v) is 6.22. The van der Waals surface area contributed by atoms with Crippen LogP contribution in [-0.2, 0) is 4.74 Å². The zero-order valence-corrected chi connectivity index (χ0v) is 13.5. The van der Waals surface area contributed by atoms with Crippen molar-refractivity contribution in [2.24, 2.45) is 23.2 Å². The molecule has 21 heavy (non-hydrogen) atoms. The van der Waals surface area contributed by atoms with Gasteiger partial charge in [-0.05, 0) is 49.9 Å². The van der Waals surface area contributed by atoms with Crippen molar-refractivity contribution in [2.45, 2.75) is 65.0 Å². The van der Waals surface area contributed by atoms with Crippen molar-refractivity contribution in [3.63, 3.8) is 0 Å². The number of aliphatic hydroxyl groups is 1. The standard InChI is InChI=1S/C17H29NO3/c1-4-21-16(20)18-10-11-6-5-7-12(11)14(18)13-8-9-17(2,3)15(13)19/h11-15,19H,4-10H2,1-3H3. The Hall–Kier alpha value is -0.770. The van der Waals surface area contributed by atoms with Crippen LogP contribution in [0, 0.1) is 23.2 Å². The predicted molar refractivity (Wildman–Crippen MR) is 80.9 cm³/mol. The molecule has 1 saturated heterocycles. The lowest BCUT2D eigenvalue weighted by Crippen LogP contribution is -2.47. The minimum Gasteiger partial charge on any atom is -0.450 e. The van der Waals surface area contributed by atoms with Gasteiger partial charge in [-0.1, -0.05) is 20.3 Å². The van der Waals surface area contributed by atoms with Gasteiger partial charge in [-0.15, -0.1) is 0 Å². The Morgan fingerprint density at radius 3 is 2.67 bits per heavy atom. The Morgan fingerprint density at radius 1 is 1.29 bits per heavy atom. The van der Waals surface area contributed by atoms with Crippen LogP contribution >= 0.6 is 0 Å². The van der Waals surface area contributed by atoms with Gasteiger partial charge in [0.15, 0.2) is 0 Å². The average molecular weight is 295 g/mol. The molecule has 0 radical (unpaired) electrons.